The summed E-state index contributed by atoms with van der Waals surface area (Å²) < 4.78 is 5.62. The zero-order valence-electron chi connectivity index (χ0n) is 11.6. The molecule has 0 aromatic heterocycles. The number of anilines is 2. The van der Waals surface area contributed by atoms with Crippen LogP contribution in [0.4, 0.5) is 17.1 Å². The van der Waals surface area contributed by atoms with Crippen LogP contribution in [0.25, 0.3) is 4.85 Å². The molecule has 1 aliphatic rings. The lowest BCUT2D eigenvalue weighted by atomic mass is 9.64. The van der Waals surface area contributed by atoms with Crippen molar-refractivity contribution >= 4 is 29.4 Å². The Morgan fingerprint density at radius 3 is 2.70 bits per heavy atom. The van der Waals surface area contributed by atoms with Gasteiger partial charge in [0.25, 0.3) is 0 Å². The van der Waals surface area contributed by atoms with E-state index in [0.29, 0.717) is 12.3 Å². The van der Waals surface area contributed by atoms with Gasteiger partial charge in [-0.2, -0.15) is 0 Å². The number of nitrogens with one attached hydrogen (secondary N) is 1. The molecule has 1 aliphatic heterocycles. The fraction of sp³-hybridized carbons (Fsp3) is 0.188. The van der Waals surface area contributed by atoms with Crippen LogP contribution in [0.1, 0.15) is 11.1 Å². The van der Waals surface area contributed by atoms with E-state index in [-0.39, 0.29) is 6.92 Å². The minimum Gasteiger partial charge on any atom is -0.427 e. The molecule has 3 rings (SSSR count). The van der Waals surface area contributed by atoms with E-state index in [1.807, 2.05) is 25.1 Å². The molecule has 0 bridgehead atoms. The number of hydrogen-bond donors (Lipinski definition) is 1. The van der Waals surface area contributed by atoms with Crippen LogP contribution in [-0.2, 0) is 11.3 Å². The largest absolute Gasteiger partial charge is 0.427 e. The van der Waals surface area contributed by atoms with Crippen molar-refractivity contribution < 1.29 is 4.65 Å². The van der Waals surface area contributed by atoms with Crippen LogP contribution < -0.4 is 10.8 Å². The van der Waals surface area contributed by atoms with Crippen molar-refractivity contribution in [2.24, 2.45) is 0 Å². The van der Waals surface area contributed by atoms with E-state index >= 15 is 0 Å². The average Bonchev–Trinajstić information content (AvgIpc) is 2.80. The highest BCUT2D eigenvalue weighted by atomic mass is 16.4. The van der Waals surface area contributed by atoms with Gasteiger partial charge in [-0.25, -0.2) is 4.85 Å². The summed E-state index contributed by atoms with van der Waals surface area (Å²) in [4.78, 5) is 3.48. The smallest absolute Gasteiger partial charge is 0.324 e. The Morgan fingerprint density at radius 2 is 1.95 bits per heavy atom. The maximum absolute atomic E-state index is 7.07. The standard InChI is InChI=1S/C16H15BN2O/c1-11-8-13(5-7-16(11)18-3)19-14-4-6-15-12(9-14)10-20-17(15)2/h4-9,19H,10H2,1-2H3. The Morgan fingerprint density at radius 1 is 1.20 bits per heavy atom. The van der Waals surface area contributed by atoms with E-state index in [1.54, 1.807) is 0 Å². The molecule has 3 nitrogen and oxygen atoms in total. The summed E-state index contributed by atoms with van der Waals surface area (Å²) in [5, 5.41) is 3.38. The molecular formula is C16H15BN2O. The van der Waals surface area contributed by atoms with E-state index < -0.39 is 0 Å². The fourth-order valence-electron chi connectivity index (χ4n) is 2.53. The van der Waals surface area contributed by atoms with Gasteiger partial charge in [0.05, 0.1) is 13.2 Å². The van der Waals surface area contributed by atoms with Crippen LogP contribution in [-0.4, -0.2) is 6.92 Å². The zero-order chi connectivity index (χ0) is 14.1. The molecule has 0 saturated carbocycles. The summed E-state index contributed by atoms with van der Waals surface area (Å²) >= 11 is 0. The molecular weight excluding hydrogens is 247 g/mol. The molecule has 0 radical (unpaired) electrons. The molecule has 20 heavy (non-hydrogen) atoms. The van der Waals surface area contributed by atoms with E-state index in [4.69, 9.17) is 11.2 Å². The summed E-state index contributed by atoms with van der Waals surface area (Å²) in [6, 6.07) is 12.1. The fourth-order valence-corrected chi connectivity index (χ4v) is 2.53. The van der Waals surface area contributed by atoms with E-state index in [0.717, 1.165) is 16.9 Å². The van der Waals surface area contributed by atoms with Crippen LogP contribution in [0.5, 0.6) is 0 Å². The monoisotopic (exact) mass is 262 g/mol. The van der Waals surface area contributed by atoms with E-state index in [2.05, 4.69) is 35.2 Å². The van der Waals surface area contributed by atoms with Crippen molar-refractivity contribution in [1.29, 1.82) is 0 Å². The minimum absolute atomic E-state index is 0.194. The van der Waals surface area contributed by atoms with Gasteiger partial charge in [-0.3, -0.25) is 0 Å². The Balaban J connectivity index is 1.85. The summed E-state index contributed by atoms with van der Waals surface area (Å²) in [7, 11) is 0. The zero-order valence-corrected chi connectivity index (χ0v) is 11.6. The number of aryl methyl sites for hydroxylation is 1. The first-order valence-electron chi connectivity index (χ1n) is 6.67. The molecule has 0 unspecified atom stereocenters. The van der Waals surface area contributed by atoms with Gasteiger partial charge < -0.3 is 9.97 Å². The second-order valence-electron chi connectivity index (χ2n) is 5.10. The third-order valence-electron chi connectivity index (χ3n) is 3.68. The Bertz CT molecular complexity index is 706. The Labute approximate surface area is 119 Å². The lowest BCUT2D eigenvalue weighted by Gasteiger charge is -2.10. The third kappa shape index (κ3) is 2.28. The summed E-state index contributed by atoms with van der Waals surface area (Å²) in [5.74, 6) is 0. The van der Waals surface area contributed by atoms with Crippen LogP contribution in [0.3, 0.4) is 0 Å². The molecule has 0 fully saturated rings. The maximum atomic E-state index is 7.07. The lowest BCUT2D eigenvalue weighted by molar-refractivity contribution is 0.334. The molecule has 1 N–H and O–H groups in total. The summed E-state index contributed by atoms with van der Waals surface area (Å²) in [5.41, 5.74) is 6.26. The molecule has 0 spiro atoms. The molecule has 98 valence electrons. The van der Waals surface area contributed by atoms with Crippen LogP contribution in [0, 0.1) is 13.5 Å². The highest BCUT2D eigenvalue weighted by Gasteiger charge is 2.22. The number of nitrogens with zero attached hydrogens (tertiary/aromatic N) is 1. The first kappa shape index (κ1) is 12.8. The number of hydrogen-bond acceptors (Lipinski definition) is 2. The molecule has 0 amide bonds. The average molecular weight is 262 g/mol. The van der Waals surface area contributed by atoms with Gasteiger partial charge in [0.2, 0.25) is 0 Å². The van der Waals surface area contributed by atoms with Gasteiger partial charge in [0.1, 0.15) is 0 Å². The van der Waals surface area contributed by atoms with Gasteiger partial charge in [0, 0.05) is 11.4 Å². The van der Waals surface area contributed by atoms with Crippen molar-refractivity contribution in [2.45, 2.75) is 20.4 Å². The minimum atomic E-state index is 0.194. The summed E-state index contributed by atoms with van der Waals surface area (Å²) in [6.07, 6.45) is 0. The predicted molar refractivity (Wildman–Crippen MR) is 83.2 cm³/mol. The molecule has 2 aromatic carbocycles. The van der Waals surface area contributed by atoms with Crippen molar-refractivity contribution in [1.82, 2.24) is 0 Å². The predicted octanol–water partition coefficient (Wildman–Crippen LogP) is 3.65. The second kappa shape index (κ2) is 5.03. The van der Waals surface area contributed by atoms with Gasteiger partial charge in [-0.05, 0) is 47.8 Å². The van der Waals surface area contributed by atoms with E-state index in [1.165, 1.54) is 11.0 Å². The lowest BCUT2D eigenvalue weighted by Crippen LogP contribution is -2.23. The molecule has 1 heterocycles. The third-order valence-corrected chi connectivity index (χ3v) is 3.68. The maximum Gasteiger partial charge on any atom is 0.324 e. The number of benzene rings is 2. The Kier molecular flexibility index (Phi) is 3.21. The number of rotatable bonds is 2. The SMILES string of the molecule is [C-]#[N+]c1ccc(Nc2ccc3c(c2)COB3C)cc1C. The van der Waals surface area contributed by atoms with E-state index in [9.17, 15) is 0 Å². The molecule has 0 aliphatic carbocycles. The normalized spacial score (nSPS) is 12.9. The quantitative estimate of drug-likeness (QED) is 0.660. The number of fused-ring (bicyclic) bond motifs is 1. The Hall–Kier alpha value is -2.25. The topological polar surface area (TPSA) is 25.6 Å². The first-order chi connectivity index (χ1) is 9.67. The summed E-state index contributed by atoms with van der Waals surface area (Å²) in [6.45, 7) is 12.0. The van der Waals surface area contributed by atoms with Crippen molar-refractivity contribution in [2.75, 3.05) is 5.32 Å². The van der Waals surface area contributed by atoms with Crippen LogP contribution >= 0.6 is 0 Å². The van der Waals surface area contributed by atoms with Crippen molar-refractivity contribution in [3.05, 3.63) is 58.9 Å². The van der Waals surface area contributed by atoms with Crippen LogP contribution in [0.2, 0.25) is 6.82 Å². The second-order valence-corrected chi connectivity index (χ2v) is 5.10. The van der Waals surface area contributed by atoms with Crippen molar-refractivity contribution in [3.8, 4) is 0 Å². The molecule has 0 atom stereocenters. The van der Waals surface area contributed by atoms with Gasteiger partial charge in [-0.1, -0.05) is 19.0 Å². The molecule has 2 aromatic rings. The highest BCUT2D eigenvalue weighted by molar-refractivity contribution is 6.67. The first-order valence-corrected chi connectivity index (χ1v) is 6.67. The van der Waals surface area contributed by atoms with Crippen LogP contribution in [0.15, 0.2) is 36.4 Å². The van der Waals surface area contributed by atoms with Gasteiger partial charge in [0.15, 0.2) is 5.69 Å². The highest BCUT2D eigenvalue weighted by Crippen LogP contribution is 2.25. The molecule has 0 saturated heterocycles. The van der Waals surface area contributed by atoms with Crippen molar-refractivity contribution in [3.63, 3.8) is 0 Å². The van der Waals surface area contributed by atoms with Gasteiger partial charge in [-0.15, -0.1) is 0 Å². The van der Waals surface area contributed by atoms with Gasteiger partial charge >= 0.3 is 6.92 Å². The molecule has 4 heteroatoms.